The van der Waals surface area contributed by atoms with Crippen molar-refractivity contribution in [2.75, 3.05) is 6.54 Å². The molecule has 46 heavy (non-hydrogen) atoms. The van der Waals surface area contributed by atoms with Crippen LogP contribution in [0.25, 0.3) is 10.9 Å². The van der Waals surface area contributed by atoms with Gasteiger partial charge in [-0.3, -0.25) is 24.0 Å². The summed E-state index contributed by atoms with van der Waals surface area (Å²) in [7, 11) is 0. The summed E-state index contributed by atoms with van der Waals surface area (Å²) in [5.41, 5.74) is 1.75. The number of rotatable bonds is 13. The molecule has 2 fully saturated rings. The fourth-order valence-corrected chi connectivity index (χ4v) is 7.19. The molecule has 5 rings (SSSR count). The molecule has 3 amide bonds. The van der Waals surface area contributed by atoms with Gasteiger partial charge in [0.05, 0.1) is 16.8 Å². The summed E-state index contributed by atoms with van der Waals surface area (Å²) in [6.45, 7) is 0.698. The van der Waals surface area contributed by atoms with Crippen LogP contribution in [0.2, 0.25) is 10.0 Å². The number of Topliss-reactive ketones (excluding diaryl/α,β-unsaturated/α-hetero) is 2. The quantitative estimate of drug-likeness (QED) is 0.133. The van der Waals surface area contributed by atoms with Gasteiger partial charge < -0.3 is 20.9 Å². The van der Waals surface area contributed by atoms with Crippen LogP contribution in [-0.4, -0.2) is 46.9 Å². The number of ketones is 2. The number of carbonyl (C=O) groups excluding carboxylic acids is 5. The number of benzene rings is 2. The lowest BCUT2D eigenvalue weighted by atomic mass is 9.80. The van der Waals surface area contributed by atoms with Crippen molar-refractivity contribution >= 4 is 63.4 Å². The van der Waals surface area contributed by atoms with E-state index in [1.54, 1.807) is 18.2 Å². The van der Waals surface area contributed by atoms with E-state index in [0.29, 0.717) is 46.0 Å². The van der Waals surface area contributed by atoms with Crippen LogP contribution in [0.3, 0.4) is 0 Å². The Morgan fingerprint density at radius 1 is 0.913 bits per heavy atom. The molecule has 1 aliphatic heterocycles. The van der Waals surface area contributed by atoms with Crippen molar-refractivity contribution in [1.29, 1.82) is 0 Å². The summed E-state index contributed by atoms with van der Waals surface area (Å²) in [4.78, 5) is 69.9. The van der Waals surface area contributed by atoms with Gasteiger partial charge in [-0.1, -0.05) is 85.6 Å². The molecule has 1 saturated heterocycles. The first kappa shape index (κ1) is 33.7. The smallest absolute Gasteiger partial charge is 0.289 e. The van der Waals surface area contributed by atoms with Crippen molar-refractivity contribution in [3.05, 3.63) is 69.8 Å². The average Bonchev–Trinajstić information content (AvgIpc) is 3.49. The van der Waals surface area contributed by atoms with Crippen LogP contribution < -0.4 is 16.0 Å². The lowest BCUT2D eigenvalue weighted by Gasteiger charge is -2.29. The Morgan fingerprint density at radius 2 is 1.67 bits per heavy atom. The fraction of sp³-hybridized carbons (Fsp3) is 0.457. The van der Waals surface area contributed by atoms with E-state index in [-0.39, 0.29) is 37.0 Å². The van der Waals surface area contributed by atoms with Gasteiger partial charge in [-0.05, 0) is 55.4 Å². The third-order valence-electron chi connectivity index (χ3n) is 9.17. The van der Waals surface area contributed by atoms with Gasteiger partial charge in [0.2, 0.25) is 17.6 Å². The van der Waals surface area contributed by atoms with Gasteiger partial charge in [0.15, 0.2) is 5.78 Å². The van der Waals surface area contributed by atoms with Gasteiger partial charge in [-0.25, -0.2) is 0 Å². The number of H-pyrrole nitrogens is 1. The van der Waals surface area contributed by atoms with Crippen LogP contribution >= 0.6 is 23.2 Å². The Bertz CT molecular complexity index is 1580. The Balaban J connectivity index is 1.35. The van der Waals surface area contributed by atoms with Gasteiger partial charge >= 0.3 is 0 Å². The van der Waals surface area contributed by atoms with E-state index in [1.807, 2.05) is 30.3 Å². The number of carbonyl (C=O) groups is 5. The van der Waals surface area contributed by atoms with E-state index in [2.05, 4.69) is 20.9 Å². The Kier molecular flexibility index (Phi) is 11.5. The second-order valence-corrected chi connectivity index (χ2v) is 13.4. The molecule has 1 saturated carbocycles. The number of aromatic amines is 1. The molecule has 1 aromatic heterocycles. The molecule has 0 unspecified atom stereocenters. The summed E-state index contributed by atoms with van der Waals surface area (Å²) < 4.78 is 0. The molecule has 0 spiro atoms. The summed E-state index contributed by atoms with van der Waals surface area (Å²) in [5, 5.41) is 9.79. The number of aromatic nitrogens is 1. The Morgan fingerprint density at radius 3 is 2.41 bits per heavy atom. The predicted octanol–water partition coefficient (Wildman–Crippen LogP) is 5.92. The summed E-state index contributed by atoms with van der Waals surface area (Å²) in [5.74, 6) is -3.58. The topological polar surface area (TPSA) is 137 Å². The van der Waals surface area contributed by atoms with Crippen LogP contribution in [0, 0.1) is 17.8 Å². The Hall–Kier alpha value is -3.69. The first-order valence-corrected chi connectivity index (χ1v) is 16.9. The number of nitrogens with one attached hydrogen (secondary N) is 4. The minimum Gasteiger partial charge on any atom is -0.356 e. The highest BCUT2D eigenvalue weighted by molar-refractivity contribution is 6.39. The van der Waals surface area contributed by atoms with Gasteiger partial charge in [-0.2, -0.15) is 0 Å². The maximum atomic E-state index is 14.0. The minimum absolute atomic E-state index is 0.000531. The zero-order valence-electron chi connectivity index (χ0n) is 25.7. The first-order valence-electron chi connectivity index (χ1n) is 16.1. The van der Waals surface area contributed by atoms with Crippen molar-refractivity contribution in [2.45, 2.75) is 76.8 Å². The molecule has 3 atom stereocenters. The first-order chi connectivity index (χ1) is 22.2. The lowest BCUT2D eigenvalue weighted by Crippen LogP contribution is -2.51. The number of amides is 3. The minimum atomic E-state index is -1.21. The zero-order chi connectivity index (χ0) is 32.6. The van der Waals surface area contributed by atoms with Gasteiger partial charge in [-0.15, -0.1) is 0 Å². The molecule has 0 bridgehead atoms. The second-order valence-electron chi connectivity index (χ2n) is 12.6. The summed E-state index contributed by atoms with van der Waals surface area (Å²) in [6.07, 6.45) is 6.87. The normalized spacial score (nSPS) is 18.4. The van der Waals surface area contributed by atoms with E-state index in [4.69, 9.17) is 23.2 Å². The maximum absolute atomic E-state index is 14.0. The molecule has 0 radical (unpaired) electrons. The third-order valence-corrected chi connectivity index (χ3v) is 9.70. The second kappa shape index (κ2) is 15.7. The van der Waals surface area contributed by atoms with Gasteiger partial charge in [0.1, 0.15) is 0 Å². The van der Waals surface area contributed by atoms with E-state index < -0.39 is 35.5 Å². The van der Waals surface area contributed by atoms with Crippen molar-refractivity contribution in [3.8, 4) is 0 Å². The van der Waals surface area contributed by atoms with Crippen molar-refractivity contribution in [1.82, 2.24) is 20.9 Å². The van der Waals surface area contributed by atoms with E-state index in [9.17, 15) is 24.0 Å². The standard InChI is InChI=1S/C35H40Cl2N4O5/c36-25-17-27(37)26-19-29(40-28(26)18-25)31(42)16-24(14-21-8-3-1-4-9-21)34(45)41-30(15-23-12-7-13-38-33(23)44)32(43)35(46)39-20-22-10-5-2-6-11-22/h2,5-6,10-11,17-19,21,23-24,30,40H,1,3-4,7-9,12-16,20H2,(H,38,44)(H,39,46)(H,41,45)/t23-,24+,30-/m0/s1. The predicted molar refractivity (Wildman–Crippen MR) is 178 cm³/mol. The molecule has 3 aromatic rings. The number of piperidine rings is 1. The SMILES string of the molecule is O=C(NCc1ccccc1)C(=O)[C@H](C[C@@H]1CCCNC1=O)NC(=O)[C@@H](CC(=O)c1cc2c(Cl)cc(Cl)cc2[nH]1)CC1CCCCC1. The average molecular weight is 668 g/mol. The van der Waals surface area contributed by atoms with Crippen LogP contribution in [0.15, 0.2) is 48.5 Å². The molecule has 9 nitrogen and oxygen atoms in total. The fourth-order valence-electron chi connectivity index (χ4n) is 6.64. The van der Waals surface area contributed by atoms with Gasteiger partial charge in [0, 0.05) is 47.3 Å². The molecule has 1 aliphatic carbocycles. The van der Waals surface area contributed by atoms with Crippen LogP contribution in [0.1, 0.15) is 80.3 Å². The molecular weight excluding hydrogens is 627 g/mol. The summed E-state index contributed by atoms with van der Waals surface area (Å²) in [6, 6.07) is 12.9. The molecule has 2 aliphatic rings. The van der Waals surface area contributed by atoms with E-state index in [1.165, 1.54) is 0 Å². The highest BCUT2D eigenvalue weighted by Crippen LogP contribution is 2.33. The summed E-state index contributed by atoms with van der Waals surface area (Å²) >= 11 is 12.5. The molecule has 244 valence electrons. The molecule has 4 N–H and O–H groups in total. The number of halogens is 2. The van der Waals surface area contributed by atoms with Crippen molar-refractivity contribution < 1.29 is 24.0 Å². The van der Waals surface area contributed by atoms with Crippen LogP contribution in [0.4, 0.5) is 0 Å². The lowest BCUT2D eigenvalue weighted by molar-refractivity contribution is -0.141. The molecule has 2 heterocycles. The van der Waals surface area contributed by atoms with Crippen LogP contribution in [-0.2, 0) is 25.7 Å². The highest BCUT2D eigenvalue weighted by Gasteiger charge is 2.36. The monoisotopic (exact) mass is 666 g/mol. The molecule has 11 heteroatoms. The van der Waals surface area contributed by atoms with Crippen molar-refractivity contribution in [2.24, 2.45) is 17.8 Å². The van der Waals surface area contributed by atoms with Crippen LogP contribution in [0.5, 0.6) is 0 Å². The third kappa shape index (κ3) is 8.76. The van der Waals surface area contributed by atoms with Gasteiger partial charge in [0.25, 0.3) is 5.91 Å². The largest absolute Gasteiger partial charge is 0.356 e. The molecular formula is C35H40Cl2N4O5. The number of hydrogen-bond donors (Lipinski definition) is 4. The van der Waals surface area contributed by atoms with E-state index >= 15 is 0 Å². The van der Waals surface area contributed by atoms with E-state index in [0.717, 1.165) is 44.1 Å². The number of fused-ring (bicyclic) bond motifs is 1. The maximum Gasteiger partial charge on any atom is 0.289 e. The zero-order valence-corrected chi connectivity index (χ0v) is 27.2. The Labute approximate surface area is 278 Å². The van der Waals surface area contributed by atoms with Crippen molar-refractivity contribution in [3.63, 3.8) is 0 Å². The highest BCUT2D eigenvalue weighted by atomic mass is 35.5. The molecule has 2 aromatic carbocycles. The number of hydrogen-bond acceptors (Lipinski definition) is 5.